The summed E-state index contributed by atoms with van der Waals surface area (Å²) in [6.07, 6.45) is 2.73. The lowest BCUT2D eigenvalue weighted by Gasteiger charge is -2.17. The van der Waals surface area contributed by atoms with Gasteiger partial charge >= 0.3 is 0 Å². The fraction of sp³-hybridized carbons (Fsp3) is 0.375. The van der Waals surface area contributed by atoms with E-state index in [2.05, 4.69) is 20.2 Å². The van der Waals surface area contributed by atoms with Gasteiger partial charge in [0.2, 0.25) is 11.8 Å². The number of aromatic nitrogens is 2. The first-order valence-electron chi connectivity index (χ1n) is 7.43. The van der Waals surface area contributed by atoms with Crippen LogP contribution in [0.25, 0.3) is 0 Å². The number of nitrogens with one attached hydrogen (secondary N) is 1. The first-order valence-corrected chi connectivity index (χ1v) is 8.19. The predicted octanol–water partition coefficient (Wildman–Crippen LogP) is 3.48. The number of ether oxygens (including phenoxy) is 1. The Kier molecular flexibility index (Phi) is 5.20. The van der Waals surface area contributed by atoms with Crippen molar-refractivity contribution in [3.63, 3.8) is 0 Å². The minimum absolute atomic E-state index is 0.316. The Morgan fingerprint density at radius 2 is 2.09 bits per heavy atom. The van der Waals surface area contributed by atoms with Crippen LogP contribution in [0.3, 0.4) is 0 Å². The fourth-order valence-corrected chi connectivity index (χ4v) is 3.33. The molecule has 7 heteroatoms. The van der Waals surface area contributed by atoms with Gasteiger partial charge in [-0.3, -0.25) is 4.90 Å². The van der Waals surface area contributed by atoms with Crippen molar-refractivity contribution in [1.29, 1.82) is 0 Å². The number of benzene rings is 1. The molecular weight excluding hydrogens is 335 g/mol. The van der Waals surface area contributed by atoms with Crippen LogP contribution in [-0.4, -0.2) is 41.1 Å². The summed E-state index contributed by atoms with van der Waals surface area (Å²) in [7, 11) is 1.60. The molecule has 3 rings (SSSR count). The van der Waals surface area contributed by atoms with Gasteiger partial charge in [-0.1, -0.05) is 23.2 Å². The van der Waals surface area contributed by atoms with Crippen LogP contribution in [0.2, 0.25) is 10.0 Å². The molecular formula is C16H18Cl2N4O. The smallest absolute Gasteiger partial charge is 0.226 e. The van der Waals surface area contributed by atoms with E-state index in [9.17, 15) is 0 Å². The van der Waals surface area contributed by atoms with E-state index in [-0.39, 0.29) is 0 Å². The van der Waals surface area contributed by atoms with Crippen LogP contribution in [0.1, 0.15) is 12.0 Å². The maximum Gasteiger partial charge on any atom is 0.226 e. The first-order chi connectivity index (χ1) is 11.1. The highest BCUT2D eigenvalue weighted by Gasteiger charge is 2.23. The lowest BCUT2D eigenvalue weighted by molar-refractivity contribution is 0.328. The second kappa shape index (κ2) is 7.34. The van der Waals surface area contributed by atoms with Gasteiger partial charge in [-0.2, -0.15) is 4.98 Å². The highest BCUT2D eigenvalue weighted by molar-refractivity contribution is 6.34. The number of nitrogens with zero attached hydrogens (tertiary/aromatic N) is 3. The molecule has 0 aliphatic carbocycles. The lowest BCUT2D eigenvalue weighted by atomic mass is 10.2. The van der Waals surface area contributed by atoms with Crippen molar-refractivity contribution in [3.05, 3.63) is 46.1 Å². The molecule has 122 valence electrons. The summed E-state index contributed by atoms with van der Waals surface area (Å²) in [6.45, 7) is 2.76. The number of halogens is 2. The van der Waals surface area contributed by atoms with Crippen LogP contribution in [-0.2, 0) is 6.54 Å². The average molecular weight is 353 g/mol. The lowest BCUT2D eigenvalue weighted by Crippen LogP contribution is -2.26. The van der Waals surface area contributed by atoms with Gasteiger partial charge < -0.3 is 10.1 Å². The van der Waals surface area contributed by atoms with E-state index in [0.717, 1.165) is 31.6 Å². The Bertz CT molecular complexity index is 663. The number of anilines is 1. The monoisotopic (exact) mass is 352 g/mol. The highest BCUT2D eigenvalue weighted by atomic mass is 35.5. The Labute approximate surface area is 145 Å². The highest BCUT2D eigenvalue weighted by Crippen LogP contribution is 2.22. The zero-order valence-corrected chi connectivity index (χ0v) is 14.3. The van der Waals surface area contributed by atoms with Gasteiger partial charge in [0.25, 0.3) is 0 Å². The van der Waals surface area contributed by atoms with E-state index in [1.54, 1.807) is 25.4 Å². The molecule has 1 aliphatic heterocycles. The summed E-state index contributed by atoms with van der Waals surface area (Å²) in [4.78, 5) is 10.9. The Morgan fingerprint density at radius 3 is 2.83 bits per heavy atom. The fourth-order valence-electron chi connectivity index (χ4n) is 2.76. The molecule has 1 atom stereocenters. The maximum atomic E-state index is 6.06. The number of hydrogen-bond acceptors (Lipinski definition) is 5. The molecule has 0 amide bonds. The molecule has 1 aromatic heterocycles. The van der Waals surface area contributed by atoms with E-state index in [4.69, 9.17) is 27.9 Å². The minimum Gasteiger partial charge on any atom is -0.481 e. The van der Waals surface area contributed by atoms with Crippen molar-refractivity contribution in [2.24, 2.45) is 0 Å². The van der Waals surface area contributed by atoms with E-state index in [1.807, 2.05) is 12.1 Å². The molecule has 0 spiro atoms. The van der Waals surface area contributed by atoms with E-state index >= 15 is 0 Å². The quantitative estimate of drug-likeness (QED) is 0.892. The van der Waals surface area contributed by atoms with Crippen LogP contribution in [0.15, 0.2) is 30.5 Å². The number of likely N-dealkylation sites (tertiary alicyclic amines) is 1. The summed E-state index contributed by atoms with van der Waals surface area (Å²) < 4.78 is 5.12. The molecule has 0 bridgehead atoms. The number of hydrogen-bond donors (Lipinski definition) is 1. The van der Waals surface area contributed by atoms with Crippen molar-refractivity contribution in [2.45, 2.75) is 19.0 Å². The average Bonchev–Trinajstić information content (AvgIpc) is 2.93. The van der Waals surface area contributed by atoms with Crippen LogP contribution in [0, 0.1) is 0 Å². The summed E-state index contributed by atoms with van der Waals surface area (Å²) in [5, 5.41) is 4.70. The maximum absolute atomic E-state index is 6.06. The van der Waals surface area contributed by atoms with Gasteiger partial charge in [0, 0.05) is 48.0 Å². The van der Waals surface area contributed by atoms with Gasteiger partial charge in [-0.15, -0.1) is 0 Å². The topological polar surface area (TPSA) is 50.3 Å². The Morgan fingerprint density at radius 1 is 1.30 bits per heavy atom. The first kappa shape index (κ1) is 16.3. The molecule has 0 radical (unpaired) electrons. The van der Waals surface area contributed by atoms with Crippen LogP contribution < -0.4 is 10.1 Å². The summed E-state index contributed by atoms with van der Waals surface area (Å²) >= 11 is 12.1. The van der Waals surface area contributed by atoms with Gasteiger partial charge in [0.15, 0.2) is 0 Å². The zero-order chi connectivity index (χ0) is 16.2. The summed E-state index contributed by atoms with van der Waals surface area (Å²) in [5.74, 6) is 1.16. The Hall–Kier alpha value is -1.56. The number of rotatable bonds is 5. The molecule has 23 heavy (non-hydrogen) atoms. The van der Waals surface area contributed by atoms with E-state index < -0.39 is 0 Å². The molecule has 1 aliphatic rings. The predicted molar refractivity (Wildman–Crippen MR) is 92.4 cm³/mol. The van der Waals surface area contributed by atoms with Crippen molar-refractivity contribution in [1.82, 2.24) is 14.9 Å². The van der Waals surface area contributed by atoms with E-state index in [1.165, 1.54) is 0 Å². The molecule has 1 unspecified atom stereocenters. The third-order valence-corrected chi connectivity index (χ3v) is 4.21. The summed E-state index contributed by atoms with van der Waals surface area (Å²) in [5.41, 5.74) is 1.13. The van der Waals surface area contributed by atoms with Crippen molar-refractivity contribution >= 4 is 29.2 Å². The SMILES string of the molecule is COc1ccnc(NC2CCN(Cc3cc(Cl)cc(Cl)c3)C2)n1. The van der Waals surface area contributed by atoms with Gasteiger partial charge in [0.1, 0.15) is 0 Å². The molecule has 2 aromatic rings. The molecule has 1 N–H and O–H groups in total. The molecule has 1 fully saturated rings. The van der Waals surface area contributed by atoms with Crippen LogP contribution in [0.4, 0.5) is 5.95 Å². The molecule has 1 aromatic carbocycles. The Balaban J connectivity index is 1.57. The third-order valence-electron chi connectivity index (χ3n) is 3.77. The van der Waals surface area contributed by atoms with Crippen molar-refractivity contribution in [2.75, 3.05) is 25.5 Å². The van der Waals surface area contributed by atoms with Gasteiger partial charge in [-0.05, 0) is 30.2 Å². The van der Waals surface area contributed by atoms with Gasteiger partial charge in [0.05, 0.1) is 7.11 Å². The molecule has 0 saturated carbocycles. The molecule has 2 heterocycles. The molecule has 1 saturated heterocycles. The molecule has 5 nitrogen and oxygen atoms in total. The number of methoxy groups -OCH3 is 1. The van der Waals surface area contributed by atoms with Gasteiger partial charge in [-0.25, -0.2) is 4.98 Å². The normalized spacial score (nSPS) is 18.1. The standard InChI is InChI=1S/C16H18Cl2N4O/c1-23-15-2-4-19-16(21-15)20-14-3-5-22(10-14)9-11-6-12(17)8-13(18)7-11/h2,4,6-8,14H,3,5,9-10H2,1H3,(H,19,20,21). The zero-order valence-electron chi connectivity index (χ0n) is 12.8. The van der Waals surface area contributed by atoms with E-state index in [0.29, 0.717) is 27.9 Å². The largest absolute Gasteiger partial charge is 0.481 e. The third kappa shape index (κ3) is 4.47. The van der Waals surface area contributed by atoms with Crippen molar-refractivity contribution < 1.29 is 4.74 Å². The second-order valence-corrected chi connectivity index (χ2v) is 6.44. The summed E-state index contributed by atoms with van der Waals surface area (Å²) in [6, 6.07) is 7.71. The second-order valence-electron chi connectivity index (χ2n) is 5.57. The minimum atomic E-state index is 0.316. The van der Waals surface area contributed by atoms with Crippen LogP contribution in [0.5, 0.6) is 5.88 Å². The van der Waals surface area contributed by atoms with Crippen LogP contribution >= 0.6 is 23.2 Å². The van der Waals surface area contributed by atoms with Crippen molar-refractivity contribution in [3.8, 4) is 5.88 Å².